The van der Waals surface area contributed by atoms with Crippen molar-refractivity contribution >= 4 is 11.6 Å². The van der Waals surface area contributed by atoms with E-state index in [9.17, 15) is 0 Å². The molecule has 1 aromatic heterocycles. The van der Waals surface area contributed by atoms with Crippen LogP contribution in [0.15, 0.2) is 6.07 Å². The number of hydrogen-bond acceptors (Lipinski definition) is 4. The van der Waals surface area contributed by atoms with E-state index in [-0.39, 0.29) is 5.41 Å². The molecule has 0 atom stereocenters. The van der Waals surface area contributed by atoms with Crippen LogP contribution in [0.2, 0.25) is 0 Å². The third-order valence-corrected chi connectivity index (χ3v) is 3.79. The molecule has 0 spiro atoms. The Kier molecular flexibility index (Phi) is 6.43. The molecule has 0 saturated carbocycles. The monoisotopic (exact) mass is 292 g/mol. The average molecular weight is 292 g/mol. The van der Waals surface area contributed by atoms with E-state index in [4.69, 9.17) is 4.98 Å². The molecular weight excluding hydrogens is 260 g/mol. The predicted octanol–water partition coefficient (Wildman–Crippen LogP) is 4.22. The Morgan fingerprint density at radius 2 is 1.76 bits per heavy atom. The van der Waals surface area contributed by atoms with Gasteiger partial charge in [0.2, 0.25) is 0 Å². The van der Waals surface area contributed by atoms with Crippen molar-refractivity contribution < 1.29 is 0 Å². The second kappa shape index (κ2) is 7.62. The van der Waals surface area contributed by atoms with E-state index in [1.807, 2.05) is 0 Å². The van der Waals surface area contributed by atoms with Gasteiger partial charge in [-0.3, -0.25) is 0 Å². The van der Waals surface area contributed by atoms with E-state index in [0.29, 0.717) is 6.04 Å². The normalized spacial score (nSPS) is 11.8. The summed E-state index contributed by atoms with van der Waals surface area (Å²) < 4.78 is 0. The maximum atomic E-state index is 4.80. The molecule has 0 saturated heterocycles. The predicted molar refractivity (Wildman–Crippen MR) is 92.3 cm³/mol. The Morgan fingerprint density at radius 1 is 1.14 bits per heavy atom. The number of hydrogen-bond donors (Lipinski definition) is 1. The Bertz CT molecular complexity index is 433. The lowest BCUT2D eigenvalue weighted by molar-refractivity contribution is 0.538. The van der Waals surface area contributed by atoms with Gasteiger partial charge in [0, 0.05) is 31.1 Å². The Balaban J connectivity index is 3.17. The van der Waals surface area contributed by atoms with Crippen LogP contribution in [-0.4, -0.2) is 29.6 Å². The zero-order chi connectivity index (χ0) is 16.0. The summed E-state index contributed by atoms with van der Waals surface area (Å²) >= 11 is 0. The van der Waals surface area contributed by atoms with Crippen LogP contribution in [0, 0.1) is 0 Å². The van der Waals surface area contributed by atoms with Gasteiger partial charge in [0.1, 0.15) is 17.5 Å². The summed E-state index contributed by atoms with van der Waals surface area (Å²) in [5.41, 5.74) is -0.0482. The van der Waals surface area contributed by atoms with Gasteiger partial charge < -0.3 is 10.2 Å². The molecule has 1 rings (SSSR count). The quantitative estimate of drug-likeness (QED) is 0.817. The van der Waals surface area contributed by atoms with Crippen LogP contribution in [0.4, 0.5) is 11.6 Å². The van der Waals surface area contributed by atoms with Crippen molar-refractivity contribution in [3.63, 3.8) is 0 Å². The standard InChI is InChI=1S/C17H32N4/c1-8-11-18-14-12-15(21(7)13(9-2)10-3)20-16(19-14)17(4,5)6/h12-13H,8-11H2,1-7H3,(H,18,19,20). The number of rotatable bonds is 7. The second-order valence-corrected chi connectivity index (χ2v) is 6.69. The Hall–Kier alpha value is -1.32. The molecule has 0 aliphatic heterocycles. The summed E-state index contributed by atoms with van der Waals surface area (Å²) in [6, 6.07) is 2.59. The Morgan fingerprint density at radius 3 is 2.24 bits per heavy atom. The third kappa shape index (κ3) is 4.87. The van der Waals surface area contributed by atoms with Gasteiger partial charge in [-0.15, -0.1) is 0 Å². The molecule has 0 amide bonds. The first-order valence-corrected chi connectivity index (χ1v) is 8.19. The first-order chi connectivity index (χ1) is 9.83. The van der Waals surface area contributed by atoms with Crippen molar-refractivity contribution in [3.05, 3.63) is 11.9 Å². The van der Waals surface area contributed by atoms with E-state index >= 15 is 0 Å². The minimum absolute atomic E-state index is 0.0482. The summed E-state index contributed by atoms with van der Waals surface area (Å²) in [5, 5.41) is 3.40. The smallest absolute Gasteiger partial charge is 0.138 e. The number of nitrogens with zero attached hydrogens (tertiary/aromatic N) is 3. The molecule has 4 heteroatoms. The molecule has 0 bridgehead atoms. The van der Waals surface area contributed by atoms with Crippen LogP contribution in [0.5, 0.6) is 0 Å². The van der Waals surface area contributed by atoms with Crippen LogP contribution in [0.3, 0.4) is 0 Å². The Labute approximate surface area is 130 Å². The zero-order valence-corrected chi connectivity index (χ0v) is 14.8. The van der Waals surface area contributed by atoms with E-state index < -0.39 is 0 Å². The summed E-state index contributed by atoms with van der Waals surface area (Å²) in [6.45, 7) is 14.0. The van der Waals surface area contributed by atoms with Crippen LogP contribution >= 0.6 is 0 Å². The lowest BCUT2D eigenvalue weighted by Crippen LogP contribution is -2.32. The number of nitrogens with one attached hydrogen (secondary N) is 1. The van der Waals surface area contributed by atoms with E-state index in [1.165, 1.54) is 0 Å². The van der Waals surface area contributed by atoms with Gasteiger partial charge in [0.05, 0.1) is 0 Å². The third-order valence-electron chi connectivity index (χ3n) is 3.79. The van der Waals surface area contributed by atoms with Crippen LogP contribution in [-0.2, 0) is 5.41 Å². The van der Waals surface area contributed by atoms with Gasteiger partial charge in [0.15, 0.2) is 0 Å². The molecule has 4 nitrogen and oxygen atoms in total. The molecule has 1 N–H and O–H groups in total. The summed E-state index contributed by atoms with van der Waals surface area (Å²) in [7, 11) is 2.13. The van der Waals surface area contributed by atoms with E-state index in [1.54, 1.807) is 0 Å². The number of anilines is 2. The fraction of sp³-hybridized carbons (Fsp3) is 0.765. The van der Waals surface area contributed by atoms with Gasteiger partial charge in [-0.2, -0.15) is 0 Å². The van der Waals surface area contributed by atoms with E-state index in [2.05, 4.69) is 69.9 Å². The fourth-order valence-corrected chi connectivity index (χ4v) is 2.32. The summed E-state index contributed by atoms with van der Waals surface area (Å²) in [6.07, 6.45) is 3.34. The first-order valence-electron chi connectivity index (χ1n) is 8.19. The average Bonchev–Trinajstić information content (AvgIpc) is 2.45. The molecular formula is C17H32N4. The van der Waals surface area contributed by atoms with Crippen LogP contribution < -0.4 is 10.2 Å². The zero-order valence-electron chi connectivity index (χ0n) is 14.8. The van der Waals surface area contributed by atoms with Gasteiger partial charge in [-0.25, -0.2) is 9.97 Å². The van der Waals surface area contributed by atoms with Crippen molar-refractivity contribution in [2.45, 2.75) is 72.3 Å². The topological polar surface area (TPSA) is 41.0 Å². The van der Waals surface area contributed by atoms with Crippen molar-refractivity contribution in [2.75, 3.05) is 23.8 Å². The molecule has 0 aliphatic carbocycles. The summed E-state index contributed by atoms with van der Waals surface area (Å²) in [5.74, 6) is 2.85. The minimum Gasteiger partial charge on any atom is -0.370 e. The van der Waals surface area contributed by atoms with Crippen molar-refractivity contribution in [1.29, 1.82) is 0 Å². The fourth-order valence-electron chi connectivity index (χ4n) is 2.32. The minimum atomic E-state index is -0.0482. The largest absolute Gasteiger partial charge is 0.370 e. The molecule has 0 aromatic carbocycles. The van der Waals surface area contributed by atoms with E-state index in [0.717, 1.165) is 43.3 Å². The maximum absolute atomic E-state index is 4.80. The molecule has 120 valence electrons. The first kappa shape index (κ1) is 17.7. The lowest BCUT2D eigenvalue weighted by atomic mass is 9.95. The highest BCUT2D eigenvalue weighted by Crippen LogP contribution is 2.25. The van der Waals surface area contributed by atoms with Gasteiger partial charge in [0.25, 0.3) is 0 Å². The molecule has 0 unspecified atom stereocenters. The highest BCUT2D eigenvalue weighted by Gasteiger charge is 2.21. The van der Waals surface area contributed by atoms with Gasteiger partial charge >= 0.3 is 0 Å². The molecule has 0 radical (unpaired) electrons. The molecule has 21 heavy (non-hydrogen) atoms. The molecule has 0 fully saturated rings. The molecule has 1 heterocycles. The lowest BCUT2D eigenvalue weighted by Gasteiger charge is -2.29. The van der Waals surface area contributed by atoms with Gasteiger partial charge in [-0.05, 0) is 19.3 Å². The highest BCUT2D eigenvalue weighted by molar-refractivity contribution is 5.50. The van der Waals surface area contributed by atoms with Crippen molar-refractivity contribution in [1.82, 2.24) is 9.97 Å². The van der Waals surface area contributed by atoms with Crippen LogP contribution in [0.1, 0.15) is 66.6 Å². The number of aromatic nitrogens is 2. The van der Waals surface area contributed by atoms with Crippen LogP contribution in [0.25, 0.3) is 0 Å². The van der Waals surface area contributed by atoms with Crippen molar-refractivity contribution in [3.8, 4) is 0 Å². The maximum Gasteiger partial charge on any atom is 0.138 e. The molecule has 0 aliphatic rings. The summed E-state index contributed by atoms with van der Waals surface area (Å²) in [4.78, 5) is 11.8. The highest BCUT2D eigenvalue weighted by atomic mass is 15.2. The van der Waals surface area contributed by atoms with Gasteiger partial charge in [-0.1, -0.05) is 41.5 Å². The second-order valence-electron chi connectivity index (χ2n) is 6.69. The van der Waals surface area contributed by atoms with Crippen molar-refractivity contribution in [2.24, 2.45) is 0 Å². The molecule has 1 aromatic rings. The SMILES string of the molecule is CCCNc1cc(N(C)C(CC)CC)nc(C(C)(C)C)n1.